The van der Waals surface area contributed by atoms with Crippen LogP contribution in [-0.4, -0.2) is 33.4 Å². The summed E-state index contributed by atoms with van der Waals surface area (Å²) in [5.74, 6) is 0.751. The van der Waals surface area contributed by atoms with Crippen LogP contribution in [0.25, 0.3) is 10.6 Å². The summed E-state index contributed by atoms with van der Waals surface area (Å²) < 4.78 is 0. The van der Waals surface area contributed by atoms with E-state index in [9.17, 15) is 4.79 Å². The van der Waals surface area contributed by atoms with Crippen molar-refractivity contribution in [2.45, 2.75) is 38.8 Å². The number of anilines is 1. The fourth-order valence-corrected chi connectivity index (χ4v) is 5.34. The van der Waals surface area contributed by atoms with Gasteiger partial charge in [0.05, 0.1) is 29.8 Å². The number of carbonyl (C=O) groups is 1. The third-order valence-electron chi connectivity index (χ3n) is 5.20. The van der Waals surface area contributed by atoms with Crippen molar-refractivity contribution >= 4 is 33.6 Å². The molecule has 0 aromatic carbocycles. The van der Waals surface area contributed by atoms with Crippen LogP contribution in [0, 0.1) is 12.8 Å². The fourth-order valence-electron chi connectivity index (χ4n) is 3.47. The first-order chi connectivity index (χ1) is 13.7. The number of amides is 1. The molecule has 5 rings (SSSR count). The molecule has 3 aromatic rings. The first-order valence-corrected chi connectivity index (χ1v) is 11.3. The number of aryl methyl sites for hydroxylation is 1. The highest BCUT2D eigenvalue weighted by molar-refractivity contribution is 7.19. The summed E-state index contributed by atoms with van der Waals surface area (Å²) >= 11 is 3.40. The molecule has 1 atom stereocenters. The highest BCUT2D eigenvalue weighted by Gasteiger charge is 2.40. The molecule has 0 bridgehead atoms. The van der Waals surface area contributed by atoms with Gasteiger partial charge in [-0.1, -0.05) is 11.3 Å². The molecule has 144 valence electrons. The molecule has 0 unspecified atom stereocenters. The monoisotopic (exact) mass is 411 g/mol. The lowest BCUT2D eigenvalue weighted by Crippen LogP contribution is -2.46. The van der Waals surface area contributed by atoms with Gasteiger partial charge < -0.3 is 10.2 Å². The van der Waals surface area contributed by atoms with Crippen molar-refractivity contribution in [1.29, 1.82) is 0 Å². The molecule has 1 N–H and O–H groups in total. The number of carbonyl (C=O) groups excluding carboxylic acids is 1. The second-order valence-corrected chi connectivity index (χ2v) is 9.22. The lowest BCUT2D eigenvalue weighted by molar-refractivity contribution is -0.122. The summed E-state index contributed by atoms with van der Waals surface area (Å²) in [6, 6.07) is 1.93. The van der Waals surface area contributed by atoms with Crippen molar-refractivity contribution in [2.24, 2.45) is 5.92 Å². The summed E-state index contributed by atoms with van der Waals surface area (Å²) in [6.45, 7) is 3.25. The van der Waals surface area contributed by atoms with Gasteiger partial charge in [0.1, 0.15) is 16.1 Å². The molecule has 6 nitrogen and oxygen atoms in total. The molecule has 1 amide bonds. The van der Waals surface area contributed by atoms with Gasteiger partial charge >= 0.3 is 0 Å². The number of rotatable bonds is 6. The van der Waals surface area contributed by atoms with Gasteiger partial charge in [-0.2, -0.15) is 11.3 Å². The Balaban J connectivity index is 1.32. The maximum absolute atomic E-state index is 13.0. The van der Waals surface area contributed by atoms with Gasteiger partial charge in [-0.05, 0) is 37.1 Å². The first kappa shape index (κ1) is 17.8. The van der Waals surface area contributed by atoms with Gasteiger partial charge in [-0.3, -0.25) is 14.8 Å². The van der Waals surface area contributed by atoms with E-state index in [0.717, 1.165) is 28.6 Å². The van der Waals surface area contributed by atoms with E-state index in [1.54, 1.807) is 35.1 Å². The van der Waals surface area contributed by atoms with Crippen LogP contribution in [0.5, 0.6) is 0 Å². The minimum Gasteiger partial charge on any atom is -0.349 e. The Morgan fingerprint density at radius 1 is 1.32 bits per heavy atom. The van der Waals surface area contributed by atoms with Crippen LogP contribution in [0.2, 0.25) is 0 Å². The fraction of sp³-hybridized carbons (Fsp3) is 0.400. The van der Waals surface area contributed by atoms with E-state index in [2.05, 4.69) is 37.0 Å². The highest BCUT2D eigenvalue weighted by atomic mass is 32.1. The molecule has 2 aliphatic rings. The third kappa shape index (κ3) is 3.54. The number of nitrogens with zero attached hydrogens (tertiary/aromatic N) is 4. The van der Waals surface area contributed by atoms with E-state index in [-0.39, 0.29) is 11.9 Å². The molecule has 1 fully saturated rings. The van der Waals surface area contributed by atoms with Crippen molar-refractivity contribution in [3.8, 4) is 10.6 Å². The summed E-state index contributed by atoms with van der Waals surface area (Å²) in [7, 11) is 0. The van der Waals surface area contributed by atoms with Crippen LogP contribution in [0.4, 0.5) is 5.00 Å². The van der Waals surface area contributed by atoms with E-state index in [4.69, 9.17) is 4.98 Å². The molecular weight excluding hydrogens is 390 g/mol. The highest BCUT2D eigenvalue weighted by Crippen LogP contribution is 2.43. The van der Waals surface area contributed by atoms with E-state index in [1.165, 1.54) is 23.4 Å². The third-order valence-corrected chi connectivity index (χ3v) is 7.07. The molecule has 0 spiro atoms. The molecule has 28 heavy (non-hydrogen) atoms. The van der Waals surface area contributed by atoms with Gasteiger partial charge in [-0.25, -0.2) is 4.98 Å². The minimum atomic E-state index is -0.177. The molecule has 1 aliphatic heterocycles. The average molecular weight is 412 g/mol. The van der Waals surface area contributed by atoms with Crippen molar-refractivity contribution in [3.63, 3.8) is 0 Å². The van der Waals surface area contributed by atoms with Gasteiger partial charge in [0.2, 0.25) is 5.91 Å². The topological polar surface area (TPSA) is 71.0 Å². The average Bonchev–Trinajstić information content (AvgIpc) is 3.08. The zero-order chi connectivity index (χ0) is 19.1. The second kappa shape index (κ2) is 7.25. The van der Waals surface area contributed by atoms with Crippen LogP contribution in [-0.2, 0) is 17.8 Å². The number of hydrogen-bond acceptors (Lipinski definition) is 7. The number of hydrogen-bond donors (Lipinski definition) is 1. The summed E-state index contributed by atoms with van der Waals surface area (Å²) in [5, 5.41) is 9.48. The molecular formula is C20H21N5OS2. The smallest absolute Gasteiger partial charge is 0.243 e. The molecule has 3 aromatic heterocycles. The number of thiazole rings is 1. The van der Waals surface area contributed by atoms with Crippen molar-refractivity contribution in [2.75, 3.05) is 11.4 Å². The lowest BCUT2D eigenvalue weighted by atomic mass is 10.2. The van der Waals surface area contributed by atoms with Gasteiger partial charge in [-0.15, -0.1) is 0 Å². The summed E-state index contributed by atoms with van der Waals surface area (Å²) in [6.07, 6.45) is 6.64. The Hall–Kier alpha value is -2.32. The molecule has 1 aliphatic carbocycles. The van der Waals surface area contributed by atoms with E-state index in [0.29, 0.717) is 18.9 Å². The molecule has 0 saturated heterocycles. The molecule has 1 saturated carbocycles. The summed E-state index contributed by atoms with van der Waals surface area (Å²) in [4.78, 5) is 28.7. The Morgan fingerprint density at radius 3 is 2.93 bits per heavy atom. The zero-order valence-electron chi connectivity index (χ0n) is 15.6. The van der Waals surface area contributed by atoms with Crippen LogP contribution in [0.15, 0.2) is 29.2 Å². The van der Waals surface area contributed by atoms with Crippen LogP contribution in [0.1, 0.15) is 29.9 Å². The van der Waals surface area contributed by atoms with Crippen LogP contribution < -0.4 is 10.2 Å². The van der Waals surface area contributed by atoms with E-state index in [1.807, 2.05) is 6.92 Å². The van der Waals surface area contributed by atoms with Gasteiger partial charge in [0.25, 0.3) is 0 Å². The Morgan fingerprint density at radius 2 is 2.21 bits per heavy atom. The van der Waals surface area contributed by atoms with Crippen molar-refractivity contribution in [3.05, 3.63) is 46.3 Å². The number of nitrogens with one attached hydrogen (secondary N) is 1. The first-order valence-electron chi connectivity index (χ1n) is 9.51. The van der Waals surface area contributed by atoms with E-state index < -0.39 is 0 Å². The molecule has 8 heteroatoms. The number of thiophene rings is 1. The number of fused-ring (bicyclic) bond motifs is 1. The normalized spacial score (nSPS) is 18.3. The largest absolute Gasteiger partial charge is 0.349 e. The maximum Gasteiger partial charge on any atom is 0.243 e. The molecule has 0 radical (unpaired) electrons. The molecule has 4 heterocycles. The number of aromatic nitrogens is 3. The predicted octanol–water partition coefficient (Wildman–Crippen LogP) is 3.43. The van der Waals surface area contributed by atoms with Crippen LogP contribution in [0.3, 0.4) is 0 Å². The Labute approximate surface area is 171 Å². The lowest BCUT2D eigenvalue weighted by Gasteiger charge is -2.25. The van der Waals surface area contributed by atoms with Crippen LogP contribution >= 0.6 is 22.7 Å². The van der Waals surface area contributed by atoms with Gasteiger partial charge in [0, 0.05) is 30.1 Å². The summed E-state index contributed by atoms with van der Waals surface area (Å²) in [5.41, 5.74) is 3.88. The maximum atomic E-state index is 13.0. The van der Waals surface area contributed by atoms with Crippen molar-refractivity contribution in [1.82, 2.24) is 20.3 Å². The standard InChI is InChI=1S/C20H21N5OS2/c1-12-7-22-15(8-21-12)9-23-18(26)17-6-16-20(25(17)10-13-2-3-13)28-19(24-16)14-4-5-27-11-14/h4-5,7-8,11,13,17H,2-3,6,9-10H2,1H3,(H,23,26)/t17-/m1/s1. The minimum absolute atomic E-state index is 0.0466. The SMILES string of the molecule is Cc1cnc(CNC(=O)[C@H]2Cc3nc(-c4ccsc4)sc3N2CC2CC2)cn1. The predicted molar refractivity (Wildman–Crippen MR) is 112 cm³/mol. The Bertz CT molecular complexity index is 979. The quantitative estimate of drug-likeness (QED) is 0.673. The Kier molecular flexibility index (Phi) is 4.60. The second-order valence-electron chi connectivity index (χ2n) is 7.47. The van der Waals surface area contributed by atoms with E-state index >= 15 is 0 Å². The van der Waals surface area contributed by atoms with Gasteiger partial charge in [0.15, 0.2) is 0 Å². The zero-order valence-corrected chi connectivity index (χ0v) is 17.2. The van der Waals surface area contributed by atoms with Crippen molar-refractivity contribution < 1.29 is 4.79 Å².